The summed E-state index contributed by atoms with van der Waals surface area (Å²) in [5.74, 6) is -1.56. The first kappa shape index (κ1) is 31.1. The van der Waals surface area contributed by atoms with Crippen LogP contribution in [-0.2, 0) is 20.9 Å². The van der Waals surface area contributed by atoms with Gasteiger partial charge in [-0.3, -0.25) is 9.69 Å². The summed E-state index contributed by atoms with van der Waals surface area (Å²) in [7, 11) is 1.32. The number of carbonyl (C=O) groups excluding carboxylic acids is 2. The highest BCUT2D eigenvalue weighted by atomic mass is 19.1. The Kier molecular flexibility index (Phi) is 10.2. The monoisotopic (exact) mass is 611 g/mol. The molecule has 3 aromatic rings. The van der Waals surface area contributed by atoms with Gasteiger partial charge in [-0.05, 0) is 56.5 Å². The van der Waals surface area contributed by atoms with Crippen LogP contribution in [0, 0.1) is 11.6 Å². The summed E-state index contributed by atoms with van der Waals surface area (Å²) >= 11 is 0. The van der Waals surface area contributed by atoms with Crippen molar-refractivity contribution >= 4 is 23.3 Å². The molecule has 44 heavy (non-hydrogen) atoms. The van der Waals surface area contributed by atoms with E-state index in [4.69, 9.17) is 18.9 Å². The third kappa shape index (κ3) is 7.97. The van der Waals surface area contributed by atoms with E-state index in [-0.39, 0.29) is 30.5 Å². The summed E-state index contributed by atoms with van der Waals surface area (Å²) in [6, 6.07) is 9.27. The molecule has 2 fully saturated rings. The summed E-state index contributed by atoms with van der Waals surface area (Å²) < 4.78 is 48.8. The van der Waals surface area contributed by atoms with Gasteiger partial charge in [0.1, 0.15) is 18.5 Å². The van der Waals surface area contributed by atoms with Crippen LogP contribution in [0.3, 0.4) is 0 Å². The summed E-state index contributed by atoms with van der Waals surface area (Å²) in [5, 5.41) is 6.29. The summed E-state index contributed by atoms with van der Waals surface area (Å²) in [5.41, 5.74) is 1.56. The summed E-state index contributed by atoms with van der Waals surface area (Å²) in [6.45, 7) is 4.31. The van der Waals surface area contributed by atoms with Crippen molar-refractivity contribution in [2.24, 2.45) is 0 Å². The van der Waals surface area contributed by atoms with E-state index in [2.05, 4.69) is 25.5 Å². The van der Waals surface area contributed by atoms with Crippen molar-refractivity contribution in [1.29, 1.82) is 0 Å². The van der Waals surface area contributed by atoms with E-state index in [1.54, 1.807) is 24.3 Å². The number of ether oxygens (including phenoxy) is 4. The molecule has 2 aliphatic heterocycles. The van der Waals surface area contributed by atoms with Gasteiger partial charge in [0.05, 0.1) is 36.2 Å². The molecule has 5 rings (SSSR count). The molecule has 2 N–H and O–H groups in total. The van der Waals surface area contributed by atoms with Gasteiger partial charge in [0.15, 0.2) is 17.4 Å². The Balaban J connectivity index is 1.12. The lowest BCUT2D eigenvalue weighted by Gasteiger charge is -2.35. The van der Waals surface area contributed by atoms with Crippen molar-refractivity contribution in [3.63, 3.8) is 0 Å². The number of carbonyl (C=O) groups is 2. The number of halogens is 2. The fourth-order valence-electron chi connectivity index (χ4n) is 4.92. The van der Waals surface area contributed by atoms with Crippen LogP contribution in [0.25, 0.3) is 0 Å². The number of likely N-dealkylation sites (tertiary alicyclic amines) is 1. The smallest absolute Gasteiger partial charge is 0.337 e. The average Bonchev–Trinajstić information content (AvgIpc) is 3.00. The third-order valence-corrected chi connectivity index (χ3v) is 7.63. The van der Waals surface area contributed by atoms with Crippen LogP contribution in [0.2, 0.25) is 0 Å². The molecule has 2 aromatic carbocycles. The molecule has 1 amide bonds. The number of anilines is 2. The highest BCUT2D eigenvalue weighted by Gasteiger charge is 2.28. The van der Waals surface area contributed by atoms with Gasteiger partial charge in [-0.25, -0.2) is 18.6 Å². The molecule has 11 nitrogen and oxygen atoms in total. The molecule has 0 radical (unpaired) electrons. The van der Waals surface area contributed by atoms with Crippen LogP contribution in [0.1, 0.15) is 42.4 Å². The van der Waals surface area contributed by atoms with Gasteiger partial charge < -0.3 is 29.6 Å². The lowest BCUT2D eigenvalue weighted by atomic mass is 10.1. The van der Waals surface area contributed by atoms with Gasteiger partial charge in [-0.15, -0.1) is 0 Å². The molecule has 0 spiro atoms. The number of piperidine rings is 1. The minimum absolute atomic E-state index is 0.0936. The number of aromatic nitrogens is 2. The zero-order valence-electron chi connectivity index (χ0n) is 24.6. The summed E-state index contributed by atoms with van der Waals surface area (Å²) in [6.07, 6.45) is 3.82. The fourth-order valence-corrected chi connectivity index (χ4v) is 4.92. The molecular formula is C31H35F2N5O6. The molecule has 2 unspecified atom stereocenters. The number of hydrogen-bond acceptors (Lipinski definition) is 10. The molecule has 2 aliphatic rings. The van der Waals surface area contributed by atoms with E-state index < -0.39 is 23.6 Å². The molecule has 234 valence electrons. The Morgan fingerprint density at radius 3 is 2.59 bits per heavy atom. The van der Waals surface area contributed by atoms with Gasteiger partial charge in [0.25, 0.3) is 0 Å². The molecule has 0 aliphatic carbocycles. The number of hydrogen-bond donors (Lipinski definition) is 2. The van der Waals surface area contributed by atoms with Crippen LogP contribution < -0.4 is 20.1 Å². The van der Waals surface area contributed by atoms with E-state index in [0.29, 0.717) is 61.1 Å². The highest BCUT2D eigenvalue weighted by Crippen LogP contribution is 2.26. The van der Waals surface area contributed by atoms with E-state index in [1.807, 2.05) is 6.92 Å². The van der Waals surface area contributed by atoms with Crippen LogP contribution in [-0.4, -0.2) is 78.3 Å². The Morgan fingerprint density at radius 1 is 1.09 bits per heavy atom. The fraction of sp³-hybridized carbons (Fsp3) is 0.419. The number of benzene rings is 2. The Hall–Kier alpha value is -4.36. The first-order valence-corrected chi connectivity index (χ1v) is 14.5. The number of esters is 1. The lowest BCUT2D eigenvalue weighted by molar-refractivity contribution is -0.121. The minimum Gasteiger partial charge on any atom is -0.483 e. The molecule has 1 aromatic heterocycles. The van der Waals surface area contributed by atoms with Crippen molar-refractivity contribution in [1.82, 2.24) is 14.9 Å². The first-order chi connectivity index (χ1) is 21.3. The van der Waals surface area contributed by atoms with Crippen LogP contribution >= 0.6 is 0 Å². The van der Waals surface area contributed by atoms with Crippen molar-refractivity contribution in [3.05, 3.63) is 71.7 Å². The second kappa shape index (κ2) is 14.4. The average molecular weight is 612 g/mol. The molecule has 3 heterocycles. The molecule has 13 heteroatoms. The van der Waals surface area contributed by atoms with Crippen molar-refractivity contribution < 1.29 is 37.3 Å². The van der Waals surface area contributed by atoms with Crippen molar-refractivity contribution in [2.75, 3.05) is 44.0 Å². The molecular weight excluding hydrogens is 576 g/mol. The van der Waals surface area contributed by atoms with Gasteiger partial charge >= 0.3 is 5.97 Å². The SMILES string of the molecule is COC(=O)c1ccc(NC(=O)C(C)N2CCC(Oc3ccnc(COc4ccc(F)cc4F)n3)CC2)c(NCC2CCO2)c1. The quantitative estimate of drug-likeness (QED) is 0.288. The Morgan fingerprint density at radius 2 is 1.89 bits per heavy atom. The number of nitrogens with zero attached hydrogens (tertiary/aromatic N) is 3. The maximum absolute atomic E-state index is 13.8. The van der Waals surface area contributed by atoms with Gasteiger partial charge in [0.2, 0.25) is 11.8 Å². The molecule has 0 bridgehead atoms. The highest BCUT2D eigenvalue weighted by molar-refractivity contribution is 5.99. The zero-order valence-corrected chi connectivity index (χ0v) is 24.6. The normalized spacial score (nSPS) is 17.7. The topological polar surface area (TPSA) is 124 Å². The number of methoxy groups -OCH3 is 1. The maximum atomic E-state index is 13.8. The van der Waals surface area contributed by atoms with Gasteiger partial charge in [-0.1, -0.05) is 0 Å². The van der Waals surface area contributed by atoms with Crippen LogP contribution in [0.5, 0.6) is 11.6 Å². The standard InChI is InChI=1S/C31H35F2N5O6/c1-19(30(39)36-25-5-3-20(31(40)41-2)15-26(25)35-17-23-10-14-42-23)38-12-8-22(9-13-38)44-29-7-11-34-28(37-29)18-43-27-6-4-21(32)16-24(27)33/h3-7,11,15-16,19,22-23,35H,8-10,12-14,17-18H2,1-2H3,(H,36,39). The van der Waals surface area contributed by atoms with Gasteiger partial charge in [-0.2, -0.15) is 4.98 Å². The summed E-state index contributed by atoms with van der Waals surface area (Å²) in [4.78, 5) is 35.9. The first-order valence-electron chi connectivity index (χ1n) is 14.5. The molecule has 2 saturated heterocycles. The maximum Gasteiger partial charge on any atom is 0.337 e. The van der Waals surface area contributed by atoms with Crippen LogP contribution in [0.15, 0.2) is 48.7 Å². The zero-order chi connectivity index (χ0) is 31.1. The van der Waals surface area contributed by atoms with Crippen molar-refractivity contribution in [3.8, 4) is 11.6 Å². The molecule has 0 saturated carbocycles. The molecule has 2 atom stereocenters. The van der Waals surface area contributed by atoms with E-state index in [1.165, 1.54) is 19.4 Å². The number of nitrogens with one attached hydrogen (secondary N) is 2. The van der Waals surface area contributed by atoms with E-state index in [9.17, 15) is 18.4 Å². The van der Waals surface area contributed by atoms with Gasteiger partial charge in [0, 0.05) is 44.6 Å². The lowest BCUT2D eigenvalue weighted by Crippen LogP contribution is -2.48. The second-order valence-corrected chi connectivity index (χ2v) is 10.6. The minimum atomic E-state index is -0.806. The Labute approximate surface area is 253 Å². The third-order valence-electron chi connectivity index (χ3n) is 7.63. The predicted octanol–water partition coefficient (Wildman–Crippen LogP) is 4.19. The predicted molar refractivity (Wildman–Crippen MR) is 157 cm³/mol. The second-order valence-electron chi connectivity index (χ2n) is 10.6. The number of rotatable bonds is 12. The van der Waals surface area contributed by atoms with E-state index >= 15 is 0 Å². The number of amides is 1. The largest absolute Gasteiger partial charge is 0.483 e. The van der Waals surface area contributed by atoms with E-state index in [0.717, 1.165) is 25.2 Å². The Bertz CT molecular complexity index is 1470. The van der Waals surface area contributed by atoms with Crippen molar-refractivity contribution in [2.45, 2.75) is 51.0 Å². The van der Waals surface area contributed by atoms with Crippen LogP contribution in [0.4, 0.5) is 20.2 Å².